The smallest absolute Gasteiger partial charge is 0.301 e. The first kappa shape index (κ1) is 24.7. The number of amides is 1. The average Bonchev–Trinajstić information content (AvgIpc) is 3.56. The number of aliphatic hydroxyl groups is 1. The van der Waals surface area contributed by atoms with Gasteiger partial charge in [-0.3, -0.25) is 24.6 Å². The first-order valence-electron chi connectivity index (χ1n) is 12.4. The van der Waals surface area contributed by atoms with E-state index in [9.17, 15) is 24.8 Å². The van der Waals surface area contributed by atoms with Gasteiger partial charge < -0.3 is 9.84 Å². The number of Topliss-reactive ketones (excluding diaryl/α,β-unsaturated/α-hetero) is 1. The molecule has 1 aromatic heterocycles. The van der Waals surface area contributed by atoms with Gasteiger partial charge in [0.2, 0.25) is 0 Å². The molecule has 1 amide bonds. The minimum Gasteiger partial charge on any atom is -0.507 e. The number of carbonyl (C=O) groups is 2. The number of nitro groups is 1. The van der Waals surface area contributed by atoms with Crippen LogP contribution in [0, 0.1) is 24.0 Å². The molecular weight excluding hydrogens is 518 g/mol. The fourth-order valence-corrected chi connectivity index (χ4v) is 6.51. The van der Waals surface area contributed by atoms with E-state index in [1.807, 2.05) is 32.9 Å². The lowest BCUT2D eigenvalue weighted by Crippen LogP contribution is -2.29. The highest BCUT2D eigenvalue weighted by Gasteiger charge is 2.48. The highest BCUT2D eigenvalue weighted by Crippen LogP contribution is 2.45. The Bertz CT molecular complexity index is 1760. The van der Waals surface area contributed by atoms with Gasteiger partial charge in [0.05, 0.1) is 26.8 Å². The fourth-order valence-electron chi connectivity index (χ4n) is 5.34. The van der Waals surface area contributed by atoms with Gasteiger partial charge in [0.25, 0.3) is 11.5 Å². The second kappa shape index (κ2) is 9.02. The second-order valence-electron chi connectivity index (χ2n) is 9.90. The summed E-state index contributed by atoms with van der Waals surface area (Å²) >= 11 is 1.25. The van der Waals surface area contributed by atoms with E-state index in [0.29, 0.717) is 28.8 Å². The summed E-state index contributed by atoms with van der Waals surface area (Å²) in [6.45, 7) is 5.82. The molecular formula is C29H23N3O6S. The number of fused-ring (bicyclic) bond motifs is 2. The minimum atomic E-state index is -1.12. The zero-order valence-electron chi connectivity index (χ0n) is 21.3. The molecule has 0 saturated carbocycles. The summed E-state index contributed by atoms with van der Waals surface area (Å²) in [4.78, 5) is 44.1. The van der Waals surface area contributed by atoms with Gasteiger partial charge in [-0.15, -0.1) is 0 Å². The molecule has 2 aliphatic rings. The SMILES string of the molecule is Cc1cc(C)c2nc(N3C(=O)C(=O)/C(=C(/O)c4ccc5c(c4)CC(C)O5)C3c3cccc([N+](=O)[O-])c3)sc2c1. The van der Waals surface area contributed by atoms with Gasteiger partial charge in [-0.25, -0.2) is 4.98 Å². The molecule has 0 radical (unpaired) electrons. The zero-order valence-corrected chi connectivity index (χ0v) is 22.1. The molecule has 3 heterocycles. The van der Waals surface area contributed by atoms with Crippen molar-refractivity contribution in [2.45, 2.75) is 39.3 Å². The van der Waals surface area contributed by atoms with Crippen molar-refractivity contribution in [3.63, 3.8) is 0 Å². The first-order chi connectivity index (χ1) is 18.6. The molecule has 10 heteroatoms. The number of rotatable bonds is 4. The normalized spacial score (nSPS) is 19.9. The molecule has 39 heavy (non-hydrogen) atoms. The molecule has 0 aliphatic carbocycles. The van der Waals surface area contributed by atoms with Gasteiger partial charge in [-0.05, 0) is 67.3 Å². The Morgan fingerprint density at radius 3 is 2.72 bits per heavy atom. The number of aromatic nitrogens is 1. The number of aryl methyl sites for hydroxylation is 2. The molecule has 6 rings (SSSR count). The van der Waals surface area contributed by atoms with Crippen LogP contribution in [-0.2, 0) is 16.0 Å². The molecule has 2 aliphatic heterocycles. The summed E-state index contributed by atoms with van der Waals surface area (Å²) in [6, 6.07) is 13.7. The largest absolute Gasteiger partial charge is 0.507 e. The number of ketones is 1. The number of hydrogen-bond donors (Lipinski definition) is 1. The molecule has 2 atom stereocenters. The molecule has 1 N–H and O–H groups in total. The van der Waals surface area contributed by atoms with Gasteiger partial charge in [0.15, 0.2) is 5.13 Å². The molecule has 2 unspecified atom stereocenters. The Hall–Kier alpha value is -4.57. The predicted octanol–water partition coefficient (Wildman–Crippen LogP) is 5.77. The van der Waals surface area contributed by atoms with Crippen molar-refractivity contribution >= 4 is 49.8 Å². The maximum atomic E-state index is 13.6. The lowest BCUT2D eigenvalue weighted by molar-refractivity contribution is -0.384. The summed E-state index contributed by atoms with van der Waals surface area (Å²) in [5.41, 5.74) is 3.86. The van der Waals surface area contributed by atoms with Crippen LogP contribution in [0.2, 0.25) is 0 Å². The van der Waals surface area contributed by atoms with E-state index in [1.54, 1.807) is 24.3 Å². The van der Waals surface area contributed by atoms with Crippen LogP contribution in [0.25, 0.3) is 16.0 Å². The molecule has 0 spiro atoms. The number of hydrogen-bond acceptors (Lipinski definition) is 8. The van der Waals surface area contributed by atoms with Gasteiger partial charge >= 0.3 is 5.91 Å². The highest BCUT2D eigenvalue weighted by atomic mass is 32.1. The third kappa shape index (κ3) is 4.04. The Morgan fingerprint density at radius 2 is 1.95 bits per heavy atom. The van der Waals surface area contributed by atoms with Gasteiger partial charge in [-0.2, -0.15) is 0 Å². The Kier molecular flexibility index (Phi) is 5.72. The lowest BCUT2D eigenvalue weighted by Gasteiger charge is -2.22. The van der Waals surface area contributed by atoms with Crippen molar-refractivity contribution in [3.8, 4) is 5.75 Å². The molecule has 196 valence electrons. The summed E-state index contributed by atoms with van der Waals surface area (Å²) in [7, 11) is 0. The van der Waals surface area contributed by atoms with Crippen LogP contribution in [0.15, 0.2) is 60.2 Å². The van der Waals surface area contributed by atoms with Crippen molar-refractivity contribution in [2.75, 3.05) is 4.90 Å². The van der Waals surface area contributed by atoms with E-state index in [2.05, 4.69) is 0 Å². The van der Waals surface area contributed by atoms with Crippen molar-refractivity contribution in [2.24, 2.45) is 0 Å². The van der Waals surface area contributed by atoms with Crippen LogP contribution in [0.4, 0.5) is 10.8 Å². The molecule has 1 fully saturated rings. The van der Waals surface area contributed by atoms with E-state index < -0.39 is 22.7 Å². The number of benzene rings is 3. The topological polar surface area (TPSA) is 123 Å². The number of nitrogens with zero attached hydrogens (tertiary/aromatic N) is 3. The van der Waals surface area contributed by atoms with E-state index in [-0.39, 0.29) is 28.3 Å². The number of ether oxygens (including phenoxy) is 1. The standard InChI is InChI=1S/C29H23N3O6S/c1-14-9-15(2)24-22(10-14)39-29(30-24)31-25(17-5-4-6-20(13-17)32(36)37)23(27(34)28(31)35)26(33)18-7-8-21-19(12-18)11-16(3)38-21/h4-10,12-13,16,25,33H,11H2,1-3H3/b26-23+. The number of anilines is 1. The number of non-ortho nitro benzene ring substituents is 1. The predicted molar refractivity (Wildman–Crippen MR) is 147 cm³/mol. The first-order valence-corrected chi connectivity index (χ1v) is 13.2. The van der Waals surface area contributed by atoms with E-state index in [0.717, 1.165) is 21.4 Å². The highest BCUT2D eigenvalue weighted by molar-refractivity contribution is 7.22. The summed E-state index contributed by atoms with van der Waals surface area (Å²) in [5, 5.41) is 23.3. The van der Waals surface area contributed by atoms with Crippen LogP contribution in [0.1, 0.15) is 40.8 Å². The van der Waals surface area contributed by atoms with Crippen molar-refractivity contribution in [1.82, 2.24) is 4.98 Å². The summed E-state index contributed by atoms with van der Waals surface area (Å²) < 4.78 is 6.60. The maximum Gasteiger partial charge on any atom is 0.301 e. The number of thiazole rings is 1. The lowest BCUT2D eigenvalue weighted by atomic mass is 9.94. The van der Waals surface area contributed by atoms with E-state index >= 15 is 0 Å². The van der Waals surface area contributed by atoms with Crippen LogP contribution in [-0.4, -0.2) is 32.8 Å². The van der Waals surface area contributed by atoms with Crippen molar-refractivity contribution in [1.29, 1.82) is 0 Å². The monoisotopic (exact) mass is 541 g/mol. The Balaban J connectivity index is 1.57. The van der Waals surface area contributed by atoms with Gasteiger partial charge in [-0.1, -0.05) is 29.5 Å². The maximum absolute atomic E-state index is 13.6. The second-order valence-corrected chi connectivity index (χ2v) is 10.9. The van der Waals surface area contributed by atoms with Crippen molar-refractivity contribution < 1.29 is 24.4 Å². The van der Waals surface area contributed by atoms with Crippen LogP contribution < -0.4 is 9.64 Å². The van der Waals surface area contributed by atoms with Crippen molar-refractivity contribution in [3.05, 3.63) is 98.1 Å². The van der Waals surface area contributed by atoms with E-state index in [1.165, 1.54) is 34.4 Å². The van der Waals surface area contributed by atoms with Gasteiger partial charge in [0, 0.05) is 24.1 Å². The fraction of sp³-hybridized carbons (Fsp3) is 0.207. The molecule has 0 bridgehead atoms. The summed E-state index contributed by atoms with van der Waals surface area (Å²) in [6.07, 6.45) is 0.628. The van der Waals surface area contributed by atoms with Crippen LogP contribution in [0.3, 0.4) is 0 Å². The van der Waals surface area contributed by atoms with Crippen LogP contribution >= 0.6 is 11.3 Å². The Morgan fingerprint density at radius 1 is 1.15 bits per heavy atom. The number of carbonyl (C=O) groups excluding carboxylic acids is 2. The summed E-state index contributed by atoms with van der Waals surface area (Å²) in [5.74, 6) is -1.40. The third-order valence-electron chi connectivity index (χ3n) is 7.04. The quantitative estimate of drug-likeness (QED) is 0.114. The molecule has 9 nitrogen and oxygen atoms in total. The number of aliphatic hydroxyl groups excluding tert-OH is 1. The third-order valence-corrected chi connectivity index (χ3v) is 8.04. The molecule has 4 aromatic rings. The molecule has 1 saturated heterocycles. The van der Waals surface area contributed by atoms with Gasteiger partial charge in [0.1, 0.15) is 17.6 Å². The Labute approximate surface area is 227 Å². The molecule has 3 aromatic carbocycles. The minimum absolute atomic E-state index is 0.0148. The van der Waals surface area contributed by atoms with Crippen LogP contribution in [0.5, 0.6) is 5.75 Å². The number of nitro benzene ring substituents is 1. The average molecular weight is 542 g/mol. The van der Waals surface area contributed by atoms with E-state index in [4.69, 9.17) is 9.72 Å². The zero-order chi connectivity index (χ0) is 27.6.